The normalized spacial score (nSPS) is 37.6. The minimum absolute atomic E-state index is 0.0216. The van der Waals surface area contributed by atoms with Gasteiger partial charge in [-0.25, -0.2) is 8.78 Å². The van der Waals surface area contributed by atoms with Crippen LogP contribution in [0.25, 0.3) is 0 Å². The fraction of sp³-hybridized carbons (Fsp3) is 0.875. The van der Waals surface area contributed by atoms with Crippen LogP contribution in [0.15, 0.2) is 6.07 Å². The molecule has 1 aromatic heterocycles. The molecular formula is C24H35F2N3S. The number of nitrogens with zero attached hydrogens (tertiary/aromatic N) is 3. The Morgan fingerprint density at radius 3 is 2.37 bits per heavy atom. The molecule has 0 amide bonds. The average molecular weight is 436 g/mol. The largest absolute Gasteiger partial charge is 0.300 e. The Labute approximate surface area is 183 Å². The monoisotopic (exact) mass is 435 g/mol. The molecule has 5 aliphatic rings. The maximum absolute atomic E-state index is 13.6. The molecule has 0 radical (unpaired) electrons. The van der Waals surface area contributed by atoms with E-state index in [0.29, 0.717) is 30.2 Å². The van der Waals surface area contributed by atoms with E-state index in [4.69, 9.17) is 5.10 Å². The summed E-state index contributed by atoms with van der Waals surface area (Å²) in [5.74, 6) is 2.82. The third-order valence-corrected chi connectivity index (χ3v) is 10.6. The summed E-state index contributed by atoms with van der Waals surface area (Å²) in [7, 11) is 0. The summed E-state index contributed by atoms with van der Waals surface area (Å²) in [6.07, 6.45) is 5.33. The van der Waals surface area contributed by atoms with Gasteiger partial charge in [0.1, 0.15) is 0 Å². The van der Waals surface area contributed by atoms with Crippen LogP contribution in [-0.4, -0.2) is 51.2 Å². The van der Waals surface area contributed by atoms with E-state index in [-0.39, 0.29) is 18.8 Å². The van der Waals surface area contributed by atoms with E-state index in [1.807, 2.05) is 0 Å². The minimum Gasteiger partial charge on any atom is -0.300 e. The number of halogens is 2. The van der Waals surface area contributed by atoms with Crippen molar-refractivity contribution < 1.29 is 8.78 Å². The molecule has 2 saturated heterocycles. The van der Waals surface area contributed by atoms with E-state index in [0.717, 1.165) is 23.6 Å². The van der Waals surface area contributed by atoms with Crippen molar-refractivity contribution in [2.45, 2.75) is 88.6 Å². The first-order chi connectivity index (χ1) is 14.3. The average Bonchev–Trinajstić information content (AvgIpc) is 3.14. The van der Waals surface area contributed by atoms with Gasteiger partial charge in [0.2, 0.25) is 5.92 Å². The second-order valence-electron chi connectivity index (χ2n) is 11.4. The van der Waals surface area contributed by atoms with E-state index in [9.17, 15) is 8.78 Å². The lowest BCUT2D eigenvalue weighted by molar-refractivity contribution is -0.0385. The Morgan fingerprint density at radius 2 is 1.80 bits per heavy atom. The summed E-state index contributed by atoms with van der Waals surface area (Å²) in [4.78, 5) is 2.82. The van der Waals surface area contributed by atoms with Crippen molar-refractivity contribution in [2.24, 2.45) is 17.3 Å². The molecule has 3 nitrogen and oxygen atoms in total. The Hall–Kier alpha value is -0.620. The van der Waals surface area contributed by atoms with Gasteiger partial charge in [0.25, 0.3) is 0 Å². The summed E-state index contributed by atoms with van der Waals surface area (Å²) < 4.78 is 29.5. The third-order valence-electron chi connectivity index (χ3n) is 8.97. The Morgan fingerprint density at radius 1 is 1.10 bits per heavy atom. The first-order valence-electron chi connectivity index (χ1n) is 12.1. The van der Waals surface area contributed by atoms with Crippen LogP contribution in [0.1, 0.15) is 88.1 Å². The minimum atomic E-state index is -2.46. The van der Waals surface area contributed by atoms with E-state index in [1.165, 1.54) is 49.6 Å². The molecule has 0 N–H and O–H groups in total. The van der Waals surface area contributed by atoms with E-state index in [2.05, 4.69) is 41.3 Å². The molecule has 6 heteroatoms. The number of alkyl halides is 2. The molecule has 4 atom stereocenters. The number of hydrogen-bond acceptors (Lipinski definition) is 3. The molecule has 3 saturated carbocycles. The van der Waals surface area contributed by atoms with Gasteiger partial charge in [-0.1, -0.05) is 0 Å². The van der Waals surface area contributed by atoms with E-state index in [1.54, 1.807) is 0 Å². The van der Waals surface area contributed by atoms with Crippen molar-refractivity contribution in [3.05, 3.63) is 17.5 Å². The summed E-state index contributed by atoms with van der Waals surface area (Å²) in [5.41, 5.74) is 3.15. The molecule has 30 heavy (non-hydrogen) atoms. The van der Waals surface area contributed by atoms with Gasteiger partial charge in [-0.15, -0.1) is 0 Å². The highest BCUT2D eigenvalue weighted by Gasteiger charge is 2.60. The topological polar surface area (TPSA) is 21.1 Å². The standard InChI is InChI=1S/C24H35F2N3S/c1-15(2)29-21(11-20(27-29)16-3-5-24(25,26)6-4-16)22-18-9-17(10-19(18)22)28-8-7-23(12-28)13-30-14-23/h11,15-19,22H,3-10,12-14H2,1-2H3/t17-,18-,19?,22+/m0/s1. The highest BCUT2D eigenvalue weighted by molar-refractivity contribution is 8.00. The van der Waals surface area contributed by atoms with Gasteiger partial charge >= 0.3 is 0 Å². The number of aromatic nitrogens is 2. The van der Waals surface area contributed by atoms with Crippen LogP contribution in [0.5, 0.6) is 0 Å². The van der Waals surface area contributed by atoms with Gasteiger partial charge in [-0.05, 0) is 70.4 Å². The second kappa shape index (κ2) is 6.94. The van der Waals surface area contributed by atoms with Crippen molar-refractivity contribution >= 4 is 11.8 Å². The fourth-order valence-corrected chi connectivity index (χ4v) is 8.34. The van der Waals surface area contributed by atoms with Crippen molar-refractivity contribution in [1.29, 1.82) is 0 Å². The van der Waals surface area contributed by atoms with Gasteiger partial charge in [-0.2, -0.15) is 16.9 Å². The molecule has 0 aromatic carbocycles. The van der Waals surface area contributed by atoms with Crippen LogP contribution >= 0.6 is 11.8 Å². The summed E-state index contributed by atoms with van der Waals surface area (Å²) in [6.45, 7) is 7.07. The first kappa shape index (κ1) is 20.0. The van der Waals surface area contributed by atoms with Crippen LogP contribution in [0.3, 0.4) is 0 Å². The zero-order chi connectivity index (χ0) is 20.7. The maximum atomic E-state index is 13.6. The van der Waals surface area contributed by atoms with Crippen LogP contribution in [0.4, 0.5) is 8.78 Å². The Bertz CT molecular complexity index is 795. The molecule has 1 unspecified atom stereocenters. The molecule has 166 valence electrons. The van der Waals surface area contributed by atoms with E-state index >= 15 is 0 Å². The van der Waals surface area contributed by atoms with Crippen LogP contribution in [-0.2, 0) is 0 Å². The lowest BCUT2D eigenvalue weighted by Crippen LogP contribution is -2.41. The predicted molar refractivity (Wildman–Crippen MR) is 117 cm³/mol. The number of hydrogen-bond donors (Lipinski definition) is 0. The lowest BCUT2D eigenvalue weighted by atomic mass is 9.84. The van der Waals surface area contributed by atoms with Crippen molar-refractivity contribution in [3.63, 3.8) is 0 Å². The van der Waals surface area contributed by atoms with Gasteiger partial charge in [0.15, 0.2) is 0 Å². The molecule has 2 aliphatic heterocycles. The molecular weight excluding hydrogens is 400 g/mol. The highest BCUT2D eigenvalue weighted by atomic mass is 32.2. The molecule has 0 bridgehead atoms. The summed E-state index contributed by atoms with van der Waals surface area (Å²) >= 11 is 2.12. The number of thioether (sulfide) groups is 1. The highest BCUT2D eigenvalue weighted by Crippen LogP contribution is 2.65. The third kappa shape index (κ3) is 3.27. The zero-order valence-corrected chi connectivity index (χ0v) is 19.1. The van der Waals surface area contributed by atoms with Gasteiger partial charge in [0, 0.05) is 65.9 Å². The van der Waals surface area contributed by atoms with Crippen molar-refractivity contribution in [3.8, 4) is 0 Å². The fourth-order valence-electron chi connectivity index (χ4n) is 7.08. The van der Waals surface area contributed by atoms with Gasteiger partial charge in [-0.3, -0.25) is 9.58 Å². The summed E-state index contributed by atoms with van der Waals surface area (Å²) in [5, 5.41) is 4.96. The maximum Gasteiger partial charge on any atom is 0.248 e. The summed E-state index contributed by atoms with van der Waals surface area (Å²) in [6, 6.07) is 3.45. The smallest absolute Gasteiger partial charge is 0.248 e. The van der Waals surface area contributed by atoms with Crippen LogP contribution in [0, 0.1) is 17.3 Å². The van der Waals surface area contributed by atoms with Gasteiger partial charge < -0.3 is 0 Å². The quantitative estimate of drug-likeness (QED) is 0.606. The van der Waals surface area contributed by atoms with Crippen LogP contribution < -0.4 is 0 Å². The Balaban J connectivity index is 1.13. The number of rotatable bonds is 4. The lowest BCUT2D eigenvalue weighted by Gasteiger charge is -2.38. The Kier molecular flexibility index (Phi) is 4.63. The molecule has 6 rings (SSSR count). The molecule has 1 aromatic rings. The van der Waals surface area contributed by atoms with Crippen molar-refractivity contribution in [2.75, 3.05) is 24.6 Å². The van der Waals surface area contributed by atoms with Gasteiger partial charge in [0.05, 0.1) is 5.69 Å². The molecule has 5 fully saturated rings. The molecule has 1 spiro atoms. The molecule has 3 heterocycles. The van der Waals surface area contributed by atoms with Crippen LogP contribution in [0.2, 0.25) is 0 Å². The predicted octanol–water partition coefficient (Wildman–Crippen LogP) is 5.69. The van der Waals surface area contributed by atoms with Crippen molar-refractivity contribution in [1.82, 2.24) is 14.7 Å². The second-order valence-corrected chi connectivity index (χ2v) is 12.3. The SMILES string of the molecule is CC(C)n1nc(C2CCC(F)(F)CC2)cc1[C@H]1C2C[C@@H](N3CCC4(CSC4)C3)C[C@@H]21. The zero-order valence-electron chi connectivity index (χ0n) is 18.3. The molecule has 3 aliphatic carbocycles. The number of fused-ring (bicyclic) bond motifs is 1. The number of likely N-dealkylation sites (tertiary alicyclic amines) is 1. The first-order valence-corrected chi connectivity index (χ1v) is 13.3. The van der Waals surface area contributed by atoms with E-state index < -0.39 is 5.92 Å².